The maximum Gasteiger partial charge on any atom is 0.163 e. The highest BCUT2D eigenvalue weighted by molar-refractivity contribution is 5.96. The van der Waals surface area contributed by atoms with E-state index < -0.39 is 6.10 Å². The molecule has 0 aliphatic heterocycles. The van der Waals surface area contributed by atoms with Crippen LogP contribution in [0.4, 0.5) is 4.39 Å². The number of ether oxygens (including phenoxy) is 1. The van der Waals surface area contributed by atoms with Crippen molar-refractivity contribution in [2.75, 3.05) is 13.2 Å². The Morgan fingerprint density at radius 3 is 2.59 bits per heavy atom. The van der Waals surface area contributed by atoms with Gasteiger partial charge in [-0.1, -0.05) is 30.3 Å². The van der Waals surface area contributed by atoms with Crippen LogP contribution in [-0.4, -0.2) is 35.0 Å². The van der Waals surface area contributed by atoms with Crippen molar-refractivity contribution < 1.29 is 23.4 Å². The number of rotatable bonds is 10. The van der Waals surface area contributed by atoms with E-state index in [1.165, 1.54) is 13.0 Å². The number of hydrogen-bond donors (Lipinski definition) is 1. The van der Waals surface area contributed by atoms with Crippen molar-refractivity contribution in [1.29, 1.82) is 0 Å². The summed E-state index contributed by atoms with van der Waals surface area (Å²) < 4.78 is 25.2. The van der Waals surface area contributed by atoms with Gasteiger partial charge in [-0.3, -0.25) is 9.69 Å². The first-order valence-corrected chi connectivity index (χ1v) is 9.42. The minimum atomic E-state index is -0.836. The van der Waals surface area contributed by atoms with Gasteiger partial charge in [-0.05, 0) is 37.3 Å². The normalized spacial score (nSPS) is 12.1. The van der Waals surface area contributed by atoms with Gasteiger partial charge in [-0.25, -0.2) is 4.39 Å². The average molecular weight is 397 g/mol. The van der Waals surface area contributed by atoms with E-state index in [9.17, 15) is 14.3 Å². The zero-order valence-electron chi connectivity index (χ0n) is 16.3. The second-order valence-corrected chi connectivity index (χ2v) is 6.86. The molecule has 29 heavy (non-hydrogen) atoms. The van der Waals surface area contributed by atoms with Crippen LogP contribution < -0.4 is 4.74 Å². The summed E-state index contributed by atoms with van der Waals surface area (Å²) in [4.78, 5) is 13.6. The predicted octanol–water partition coefficient (Wildman–Crippen LogP) is 4.06. The van der Waals surface area contributed by atoms with E-state index in [1.807, 2.05) is 11.0 Å². The topological polar surface area (TPSA) is 62.9 Å². The molecule has 1 unspecified atom stereocenters. The summed E-state index contributed by atoms with van der Waals surface area (Å²) in [5.41, 5.74) is 1.01. The molecule has 0 amide bonds. The molecule has 0 bridgehead atoms. The van der Waals surface area contributed by atoms with Crippen molar-refractivity contribution in [3.63, 3.8) is 0 Å². The summed E-state index contributed by atoms with van der Waals surface area (Å²) in [5.74, 6) is 0.759. The lowest BCUT2D eigenvalue weighted by Gasteiger charge is -2.25. The number of halogens is 1. The van der Waals surface area contributed by atoms with Gasteiger partial charge in [0.25, 0.3) is 0 Å². The highest BCUT2D eigenvalue weighted by Crippen LogP contribution is 2.19. The number of nitrogens with zero attached hydrogens (tertiary/aromatic N) is 1. The van der Waals surface area contributed by atoms with Crippen LogP contribution in [0, 0.1) is 5.82 Å². The second-order valence-electron chi connectivity index (χ2n) is 6.86. The molecule has 1 aromatic heterocycles. The smallest absolute Gasteiger partial charge is 0.163 e. The molecular weight excluding hydrogens is 373 g/mol. The number of benzene rings is 2. The first kappa shape index (κ1) is 20.8. The van der Waals surface area contributed by atoms with Gasteiger partial charge in [-0.15, -0.1) is 0 Å². The van der Waals surface area contributed by atoms with Crippen LogP contribution in [0.25, 0.3) is 0 Å². The molecule has 1 atom stereocenters. The number of aliphatic hydroxyl groups is 1. The lowest BCUT2D eigenvalue weighted by molar-refractivity contribution is 0.0595. The van der Waals surface area contributed by atoms with Crippen LogP contribution in [0.3, 0.4) is 0 Å². The van der Waals surface area contributed by atoms with E-state index in [2.05, 4.69) is 0 Å². The fraction of sp³-hybridized carbons (Fsp3) is 0.261. The van der Waals surface area contributed by atoms with Gasteiger partial charge in [0.05, 0.1) is 18.4 Å². The predicted molar refractivity (Wildman–Crippen MR) is 107 cm³/mol. The number of aliphatic hydroxyl groups excluding tert-OH is 1. The van der Waals surface area contributed by atoms with E-state index in [1.54, 1.807) is 54.8 Å². The first-order chi connectivity index (χ1) is 14.0. The molecular formula is C23H24FNO4. The Bertz CT molecular complexity index is 926. The Kier molecular flexibility index (Phi) is 7.16. The fourth-order valence-electron chi connectivity index (χ4n) is 3.10. The summed E-state index contributed by atoms with van der Waals surface area (Å²) in [6.45, 7) is 2.46. The molecule has 6 heteroatoms. The van der Waals surface area contributed by atoms with Crippen LogP contribution in [-0.2, 0) is 13.1 Å². The van der Waals surface area contributed by atoms with E-state index in [0.717, 1.165) is 5.76 Å². The van der Waals surface area contributed by atoms with Crippen molar-refractivity contribution >= 4 is 5.78 Å². The van der Waals surface area contributed by atoms with Crippen LogP contribution in [0.5, 0.6) is 5.75 Å². The molecule has 3 rings (SSSR count). The largest absolute Gasteiger partial charge is 0.490 e. The maximum absolute atomic E-state index is 14.1. The first-order valence-electron chi connectivity index (χ1n) is 9.42. The van der Waals surface area contributed by atoms with E-state index in [4.69, 9.17) is 9.15 Å². The highest BCUT2D eigenvalue weighted by Gasteiger charge is 2.17. The summed E-state index contributed by atoms with van der Waals surface area (Å²) in [6.07, 6.45) is 0.742. The lowest BCUT2D eigenvalue weighted by Crippen LogP contribution is -2.35. The van der Waals surface area contributed by atoms with Crippen molar-refractivity contribution in [1.82, 2.24) is 4.90 Å². The molecule has 3 aromatic rings. The van der Waals surface area contributed by atoms with E-state index in [0.29, 0.717) is 30.0 Å². The molecule has 0 spiro atoms. The van der Waals surface area contributed by atoms with Crippen molar-refractivity contribution in [2.45, 2.75) is 26.1 Å². The number of carbonyl (C=O) groups is 1. The SMILES string of the molecule is CC(=O)c1ccccc1OCC(O)CN(Cc1ccco1)Cc1ccccc1F. The third kappa shape index (κ3) is 6.01. The standard InChI is InChI=1S/C23H24FNO4/c1-17(26)21-9-3-5-11-23(21)29-16-19(27)14-25(15-20-8-6-12-28-20)13-18-7-2-4-10-22(18)24/h2-12,19,27H,13-16H2,1H3. The molecule has 1 heterocycles. The lowest BCUT2D eigenvalue weighted by atomic mass is 10.1. The molecule has 152 valence electrons. The molecule has 2 aromatic carbocycles. The molecule has 5 nitrogen and oxygen atoms in total. The van der Waals surface area contributed by atoms with Crippen LogP contribution in [0.15, 0.2) is 71.3 Å². The van der Waals surface area contributed by atoms with E-state index >= 15 is 0 Å². The monoisotopic (exact) mass is 397 g/mol. The number of Topliss-reactive ketones (excluding diaryl/α,β-unsaturated/α-hetero) is 1. The molecule has 0 saturated heterocycles. The molecule has 0 fully saturated rings. The Labute approximate surface area is 169 Å². The van der Waals surface area contributed by atoms with E-state index in [-0.39, 0.29) is 24.8 Å². The number of carbonyl (C=O) groups excluding carboxylic acids is 1. The number of furan rings is 1. The second kappa shape index (κ2) is 10.0. The molecule has 1 N–H and O–H groups in total. The van der Waals surface area contributed by atoms with Crippen LogP contribution in [0.2, 0.25) is 0 Å². The fourth-order valence-corrected chi connectivity index (χ4v) is 3.10. The number of hydrogen-bond acceptors (Lipinski definition) is 5. The van der Waals surface area contributed by atoms with Gasteiger partial charge >= 0.3 is 0 Å². The highest BCUT2D eigenvalue weighted by atomic mass is 19.1. The molecule has 0 aliphatic carbocycles. The van der Waals surface area contributed by atoms with Crippen molar-refractivity contribution in [3.05, 3.63) is 89.6 Å². The van der Waals surface area contributed by atoms with Gasteiger partial charge in [0, 0.05) is 18.7 Å². The summed E-state index contributed by atoms with van der Waals surface area (Å²) in [5, 5.41) is 10.5. The van der Waals surface area contributed by atoms with Gasteiger partial charge in [-0.2, -0.15) is 0 Å². The Hall–Kier alpha value is -2.96. The van der Waals surface area contributed by atoms with Gasteiger partial charge in [0.2, 0.25) is 0 Å². The van der Waals surface area contributed by atoms with Crippen molar-refractivity contribution in [3.8, 4) is 5.75 Å². The van der Waals surface area contributed by atoms with Gasteiger partial charge in [0.15, 0.2) is 5.78 Å². The Balaban J connectivity index is 1.65. The number of para-hydroxylation sites is 1. The van der Waals surface area contributed by atoms with Gasteiger partial charge < -0.3 is 14.3 Å². The molecule has 0 radical (unpaired) electrons. The third-order valence-corrected chi connectivity index (χ3v) is 4.48. The summed E-state index contributed by atoms with van der Waals surface area (Å²) in [7, 11) is 0. The zero-order valence-corrected chi connectivity index (χ0v) is 16.3. The average Bonchev–Trinajstić information content (AvgIpc) is 3.21. The third-order valence-electron chi connectivity index (χ3n) is 4.48. The summed E-state index contributed by atoms with van der Waals surface area (Å²) >= 11 is 0. The molecule has 0 saturated carbocycles. The van der Waals surface area contributed by atoms with Crippen molar-refractivity contribution in [2.24, 2.45) is 0 Å². The Morgan fingerprint density at radius 1 is 1.10 bits per heavy atom. The summed E-state index contributed by atoms with van der Waals surface area (Å²) in [6, 6.07) is 17.1. The van der Waals surface area contributed by atoms with Gasteiger partial charge in [0.1, 0.15) is 30.0 Å². The maximum atomic E-state index is 14.1. The molecule has 0 aliphatic rings. The minimum Gasteiger partial charge on any atom is -0.490 e. The minimum absolute atomic E-state index is 0.0101. The van der Waals surface area contributed by atoms with Crippen LogP contribution in [0.1, 0.15) is 28.6 Å². The quantitative estimate of drug-likeness (QED) is 0.523. The zero-order chi connectivity index (χ0) is 20.6. The number of ketones is 1. The Morgan fingerprint density at radius 2 is 1.86 bits per heavy atom. The van der Waals surface area contributed by atoms with Crippen LogP contribution >= 0.6 is 0 Å².